The zero-order valence-electron chi connectivity index (χ0n) is 12.2. The molecule has 4 aliphatic rings. The summed E-state index contributed by atoms with van der Waals surface area (Å²) >= 11 is 0. The van der Waals surface area contributed by atoms with Crippen molar-refractivity contribution in [3.05, 3.63) is 60.1 Å². The zero-order chi connectivity index (χ0) is 15.7. The number of ether oxygens (including phenoxy) is 3. The third kappa shape index (κ3) is 1.37. The Kier molecular flexibility index (Phi) is 2.34. The number of Topliss-reactive ketones (excluding diaryl/α,β-unsaturated/α-hetero) is 1. The maximum Gasteiger partial charge on any atom is 0.343 e. The van der Waals surface area contributed by atoms with Gasteiger partial charge in [-0.3, -0.25) is 4.79 Å². The molecule has 0 radical (unpaired) electrons. The molecule has 2 fully saturated rings. The standard InChI is InChI=1S/C18H14O5/c19-15-13(23-16(20)11-4-2-1-3-5-11)8-22-18-10-21-9-17(18)7-6-12(17)14(15)18/h1-8,12,14H,9-10H2/t12-,14-,17+,18?/m1/s1. The van der Waals surface area contributed by atoms with Gasteiger partial charge in [0.15, 0.2) is 5.60 Å². The second kappa shape index (κ2) is 4.11. The van der Waals surface area contributed by atoms with Crippen LogP contribution in [0.4, 0.5) is 0 Å². The fourth-order valence-electron chi connectivity index (χ4n) is 4.39. The maximum absolute atomic E-state index is 12.8. The van der Waals surface area contributed by atoms with Crippen LogP contribution in [0.2, 0.25) is 0 Å². The largest absolute Gasteiger partial charge is 0.487 e. The van der Waals surface area contributed by atoms with E-state index in [1.807, 2.05) is 12.1 Å². The van der Waals surface area contributed by atoms with Crippen molar-refractivity contribution in [2.45, 2.75) is 5.60 Å². The molecule has 1 aromatic carbocycles. The Morgan fingerprint density at radius 3 is 2.78 bits per heavy atom. The fourth-order valence-corrected chi connectivity index (χ4v) is 4.39. The lowest BCUT2D eigenvalue weighted by molar-refractivity contribution is -0.219. The predicted molar refractivity (Wildman–Crippen MR) is 78.1 cm³/mol. The number of ketones is 1. The van der Waals surface area contributed by atoms with Gasteiger partial charge in [0.1, 0.15) is 6.26 Å². The van der Waals surface area contributed by atoms with Gasteiger partial charge in [-0.2, -0.15) is 0 Å². The number of esters is 1. The minimum Gasteiger partial charge on any atom is -0.487 e. The van der Waals surface area contributed by atoms with Gasteiger partial charge in [-0.25, -0.2) is 4.79 Å². The molecule has 2 heterocycles. The molecule has 1 aromatic rings. The molecule has 116 valence electrons. The van der Waals surface area contributed by atoms with Crippen molar-refractivity contribution in [1.29, 1.82) is 0 Å². The van der Waals surface area contributed by atoms with E-state index in [-0.39, 0.29) is 28.8 Å². The summed E-state index contributed by atoms with van der Waals surface area (Å²) < 4.78 is 16.8. The highest BCUT2D eigenvalue weighted by Gasteiger charge is 2.81. The number of allylic oxidation sites excluding steroid dienone is 2. The Balaban J connectivity index is 1.42. The summed E-state index contributed by atoms with van der Waals surface area (Å²) in [6.07, 6.45) is 5.41. The van der Waals surface area contributed by atoms with Crippen molar-refractivity contribution in [2.75, 3.05) is 13.2 Å². The number of hydrogen-bond acceptors (Lipinski definition) is 5. The van der Waals surface area contributed by atoms with E-state index in [0.717, 1.165) is 0 Å². The lowest BCUT2D eigenvalue weighted by Crippen LogP contribution is -2.76. The Morgan fingerprint density at radius 2 is 2.04 bits per heavy atom. The van der Waals surface area contributed by atoms with Gasteiger partial charge in [0.2, 0.25) is 11.5 Å². The Bertz CT molecular complexity index is 780. The average Bonchev–Trinajstić information content (AvgIpc) is 2.92. The first-order chi connectivity index (χ1) is 11.2. The summed E-state index contributed by atoms with van der Waals surface area (Å²) in [5, 5.41) is 0. The first kappa shape index (κ1) is 13.1. The molecule has 5 rings (SSSR count). The Hall–Kier alpha value is -2.40. The van der Waals surface area contributed by atoms with Gasteiger partial charge in [0.05, 0.1) is 30.1 Å². The first-order valence-electron chi connectivity index (χ1n) is 7.64. The molecule has 0 N–H and O–H groups in total. The maximum atomic E-state index is 12.8. The van der Waals surface area contributed by atoms with Crippen LogP contribution in [0.1, 0.15) is 10.4 Å². The van der Waals surface area contributed by atoms with Gasteiger partial charge < -0.3 is 14.2 Å². The van der Waals surface area contributed by atoms with E-state index in [9.17, 15) is 9.59 Å². The lowest BCUT2D eigenvalue weighted by atomic mass is 9.39. The summed E-state index contributed by atoms with van der Waals surface area (Å²) in [7, 11) is 0. The molecule has 2 aliphatic carbocycles. The number of carbonyl (C=O) groups is 2. The van der Waals surface area contributed by atoms with Gasteiger partial charge in [-0.15, -0.1) is 0 Å². The van der Waals surface area contributed by atoms with Crippen LogP contribution in [-0.4, -0.2) is 30.6 Å². The highest BCUT2D eigenvalue weighted by atomic mass is 16.6. The van der Waals surface area contributed by atoms with E-state index in [4.69, 9.17) is 14.2 Å². The third-order valence-corrected chi connectivity index (χ3v) is 5.62. The van der Waals surface area contributed by atoms with Gasteiger partial charge in [0.25, 0.3) is 0 Å². The summed E-state index contributed by atoms with van der Waals surface area (Å²) in [5.74, 6) is -0.941. The molecule has 1 unspecified atom stereocenters. The number of fused-ring (bicyclic) bond motifs is 1. The van der Waals surface area contributed by atoms with Crippen molar-refractivity contribution >= 4 is 11.8 Å². The van der Waals surface area contributed by atoms with Crippen LogP contribution >= 0.6 is 0 Å². The number of carbonyl (C=O) groups excluding carboxylic acids is 2. The summed E-state index contributed by atoms with van der Waals surface area (Å²) in [6, 6.07) is 8.59. The molecule has 2 aliphatic heterocycles. The third-order valence-electron chi connectivity index (χ3n) is 5.62. The van der Waals surface area contributed by atoms with E-state index < -0.39 is 11.6 Å². The normalized spacial score (nSPS) is 39.0. The molecular formula is C18H14O5. The van der Waals surface area contributed by atoms with Crippen LogP contribution in [0.15, 0.2) is 54.5 Å². The van der Waals surface area contributed by atoms with Gasteiger partial charge in [-0.1, -0.05) is 30.4 Å². The van der Waals surface area contributed by atoms with Gasteiger partial charge >= 0.3 is 5.97 Å². The summed E-state index contributed by atoms with van der Waals surface area (Å²) in [4.78, 5) is 24.9. The van der Waals surface area contributed by atoms with Gasteiger partial charge in [-0.05, 0) is 12.1 Å². The molecule has 2 spiro atoms. The van der Waals surface area contributed by atoms with E-state index in [1.165, 1.54) is 6.26 Å². The molecule has 1 saturated heterocycles. The lowest BCUT2D eigenvalue weighted by Gasteiger charge is -2.66. The molecule has 5 heteroatoms. The Labute approximate surface area is 132 Å². The second-order valence-electron chi connectivity index (χ2n) is 6.50. The quantitative estimate of drug-likeness (QED) is 0.616. The molecule has 23 heavy (non-hydrogen) atoms. The van der Waals surface area contributed by atoms with E-state index >= 15 is 0 Å². The highest BCUT2D eigenvalue weighted by molar-refractivity contribution is 6.02. The first-order valence-corrected chi connectivity index (χ1v) is 7.64. The van der Waals surface area contributed by atoms with Crippen LogP contribution in [-0.2, 0) is 19.0 Å². The SMILES string of the molecule is O=C(OC1=COC23COC[C@]24C=C[C@@H]4[C@@H]3C1=O)c1ccccc1. The van der Waals surface area contributed by atoms with E-state index in [1.54, 1.807) is 24.3 Å². The van der Waals surface area contributed by atoms with E-state index in [0.29, 0.717) is 18.8 Å². The van der Waals surface area contributed by atoms with Crippen molar-refractivity contribution in [3.63, 3.8) is 0 Å². The van der Waals surface area contributed by atoms with Crippen molar-refractivity contribution in [3.8, 4) is 0 Å². The molecule has 0 amide bonds. The molecule has 5 nitrogen and oxygen atoms in total. The number of hydrogen-bond donors (Lipinski definition) is 0. The predicted octanol–water partition coefficient (Wildman–Crippen LogP) is 1.86. The molecule has 1 saturated carbocycles. The summed E-state index contributed by atoms with van der Waals surface area (Å²) in [5.41, 5.74) is -0.373. The Morgan fingerprint density at radius 1 is 1.22 bits per heavy atom. The van der Waals surface area contributed by atoms with Crippen molar-refractivity contribution in [2.24, 2.45) is 17.3 Å². The molecular weight excluding hydrogens is 296 g/mol. The molecule has 0 bridgehead atoms. The minimum atomic E-state index is -0.605. The van der Waals surface area contributed by atoms with Crippen LogP contribution in [0.5, 0.6) is 0 Å². The van der Waals surface area contributed by atoms with Gasteiger partial charge in [0, 0.05) is 5.92 Å². The minimum absolute atomic E-state index is 0.0183. The van der Waals surface area contributed by atoms with Crippen LogP contribution < -0.4 is 0 Å². The average molecular weight is 310 g/mol. The monoisotopic (exact) mass is 310 g/mol. The fraction of sp³-hybridized carbons (Fsp3) is 0.333. The van der Waals surface area contributed by atoms with Crippen LogP contribution in [0.3, 0.4) is 0 Å². The second-order valence-corrected chi connectivity index (χ2v) is 6.50. The van der Waals surface area contributed by atoms with Crippen molar-refractivity contribution in [1.82, 2.24) is 0 Å². The van der Waals surface area contributed by atoms with Crippen LogP contribution in [0.25, 0.3) is 0 Å². The zero-order valence-corrected chi connectivity index (χ0v) is 12.2. The van der Waals surface area contributed by atoms with E-state index in [2.05, 4.69) is 6.08 Å². The summed E-state index contributed by atoms with van der Waals surface area (Å²) in [6.45, 7) is 0.992. The molecule has 0 aromatic heterocycles. The number of rotatable bonds is 2. The number of benzene rings is 1. The van der Waals surface area contributed by atoms with Crippen LogP contribution in [0, 0.1) is 17.3 Å². The molecule has 4 atom stereocenters. The highest BCUT2D eigenvalue weighted by Crippen LogP contribution is 2.71. The topological polar surface area (TPSA) is 61.8 Å². The van der Waals surface area contributed by atoms with Crippen molar-refractivity contribution < 1.29 is 23.8 Å². The smallest absolute Gasteiger partial charge is 0.343 e.